The highest BCUT2D eigenvalue weighted by molar-refractivity contribution is 7.89. The Labute approximate surface area is 165 Å². The van der Waals surface area contributed by atoms with Crippen LogP contribution in [0.3, 0.4) is 0 Å². The first-order chi connectivity index (χ1) is 13.9. The van der Waals surface area contributed by atoms with Gasteiger partial charge in [-0.2, -0.15) is 4.31 Å². The highest BCUT2D eigenvalue weighted by Crippen LogP contribution is 2.19. The van der Waals surface area contributed by atoms with Crippen molar-refractivity contribution >= 4 is 21.7 Å². The maximum atomic E-state index is 13.4. The van der Waals surface area contributed by atoms with Crippen molar-refractivity contribution in [2.24, 2.45) is 20.7 Å². The molecule has 0 unspecified atom stereocenters. The van der Waals surface area contributed by atoms with Crippen LogP contribution in [-0.2, 0) is 10.0 Å². The van der Waals surface area contributed by atoms with Gasteiger partial charge in [-0.25, -0.2) is 12.8 Å². The summed E-state index contributed by atoms with van der Waals surface area (Å²) in [5.74, 6) is -0.429. The van der Waals surface area contributed by atoms with Gasteiger partial charge >= 0.3 is 0 Å². The minimum Gasteiger partial charge on any atom is -0.860 e. The minimum atomic E-state index is -3.80. The quantitative estimate of drug-likeness (QED) is 0.710. The predicted octanol–water partition coefficient (Wildman–Crippen LogP) is 0.157. The molecule has 0 N–H and O–H groups in total. The van der Waals surface area contributed by atoms with Crippen LogP contribution in [0, 0.1) is 5.82 Å². The van der Waals surface area contributed by atoms with E-state index in [0.29, 0.717) is 16.3 Å². The fourth-order valence-corrected chi connectivity index (χ4v) is 4.57. The number of hydrogen-bond donors (Lipinski definition) is 0. The molecule has 0 aromatic heterocycles. The first-order valence-corrected chi connectivity index (χ1v) is 10.2. The first-order valence-electron chi connectivity index (χ1n) is 8.79. The van der Waals surface area contributed by atoms with Crippen LogP contribution in [-0.4, -0.2) is 43.8 Å². The molecule has 11 heteroatoms. The highest BCUT2D eigenvalue weighted by atomic mass is 32.2. The molecule has 2 aliphatic rings. The first kappa shape index (κ1) is 19.2. The monoisotopic (exact) mass is 415 g/mol. The molecular weight excluding hydrogens is 399 g/mol. The van der Waals surface area contributed by atoms with Crippen molar-refractivity contribution in [3.05, 3.63) is 64.8 Å². The van der Waals surface area contributed by atoms with Crippen LogP contribution < -0.4 is 15.5 Å². The van der Waals surface area contributed by atoms with Gasteiger partial charge in [-0.1, -0.05) is 30.3 Å². The van der Waals surface area contributed by atoms with Crippen LogP contribution in [0.5, 0.6) is 0 Å². The number of nitrogens with zero attached hydrogens (tertiary/aromatic N) is 6. The largest absolute Gasteiger partial charge is 0.860 e. The lowest BCUT2D eigenvalue weighted by atomic mass is 10.2. The second-order valence-corrected chi connectivity index (χ2v) is 8.37. The van der Waals surface area contributed by atoms with Crippen molar-refractivity contribution < 1.29 is 17.9 Å². The van der Waals surface area contributed by atoms with Crippen LogP contribution in [0.15, 0.2) is 74.1 Å². The average Bonchev–Trinajstić information content (AvgIpc) is 3.28. The third-order valence-corrected chi connectivity index (χ3v) is 6.56. The van der Waals surface area contributed by atoms with E-state index in [2.05, 4.69) is 20.7 Å². The molecule has 0 spiro atoms. The number of rotatable bonds is 3. The summed E-state index contributed by atoms with van der Waals surface area (Å²) in [5, 5.41) is 28.3. The molecule has 2 aliphatic heterocycles. The Balaban J connectivity index is 1.51. The summed E-state index contributed by atoms with van der Waals surface area (Å²) in [4.78, 5) is 1.50. The molecule has 0 atom stereocenters. The van der Waals surface area contributed by atoms with Crippen LogP contribution in [0.2, 0.25) is 0 Å². The zero-order valence-electron chi connectivity index (χ0n) is 15.1. The molecule has 2 aromatic rings. The van der Waals surface area contributed by atoms with Crippen molar-refractivity contribution in [2.45, 2.75) is 4.90 Å². The van der Waals surface area contributed by atoms with Gasteiger partial charge in [-0.3, -0.25) is 0 Å². The summed E-state index contributed by atoms with van der Waals surface area (Å²) in [6.45, 7) is 0.770. The Morgan fingerprint density at radius 3 is 2.24 bits per heavy atom. The SMILES string of the molecule is O=S(=O)(c1cccc(F)c1)N1CCN(C([O-])=c2ccc(=C3N=NN=N3)cc2)CC1. The van der Waals surface area contributed by atoms with Crippen molar-refractivity contribution in [1.82, 2.24) is 9.21 Å². The Hall–Kier alpha value is -3.18. The van der Waals surface area contributed by atoms with E-state index in [1.54, 1.807) is 29.2 Å². The molecule has 0 bridgehead atoms. The predicted molar refractivity (Wildman–Crippen MR) is 99.0 cm³/mol. The molecule has 150 valence electrons. The Morgan fingerprint density at radius 1 is 0.966 bits per heavy atom. The molecule has 2 aromatic carbocycles. The molecule has 29 heavy (non-hydrogen) atoms. The third kappa shape index (κ3) is 3.87. The molecular formula is C18H16FN6O3S-. The van der Waals surface area contributed by atoms with Crippen LogP contribution in [0.1, 0.15) is 0 Å². The Kier molecular flexibility index (Phi) is 5.07. The normalized spacial score (nSPS) is 17.1. The van der Waals surface area contributed by atoms with Gasteiger partial charge in [0.2, 0.25) is 15.8 Å². The zero-order chi connectivity index (χ0) is 20.4. The van der Waals surface area contributed by atoms with E-state index in [1.807, 2.05) is 0 Å². The molecule has 0 aliphatic carbocycles. The number of piperazine rings is 1. The average molecular weight is 415 g/mol. The molecule has 0 radical (unpaired) electrons. The lowest BCUT2D eigenvalue weighted by molar-refractivity contribution is -0.273. The van der Waals surface area contributed by atoms with E-state index in [9.17, 15) is 17.9 Å². The van der Waals surface area contributed by atoms with Crippen molar-refractivity contribution in [2.75, 3.05) is 26.2 Å². The van der Waals surface area contributed by atoms with Crippen molar-refractivity contribution in [3.63, 3.8) is 0 Å². The second kappa shape index (κ2) is 7.68. The summed E-state index contributed by atoms with van der Waals surface area (Å²) in [5.41, 5.74) is 0. The van der Waals surface area contributed by atoms with E-state index in [1.165, 1.54) is 22.5 Å². The summed E-state index contributed by atoms with van der Waals surface area (Å²) in [7, 11) is -3.80. The summed E-state index contributed by atoms with van der Waals surface area (Å²) in [6.07, 6.45) is 0. The maximum absolute atomic E-state index is 13.4. The minimum absolute atomic E-state index is 0.0911. The summed E-state index contributed by atoms with van der Waals surface area (Å²) < 4.78 is 40.0. The molecule has 0 saturated carbocycles. The van der Waals surface area contributed by atoms with Crippen LogP contribution in [0.4, 0.5) is 4.39 Å². The molecule has 1 fully saturated rings. The van der Waals surface area contributed by atoms with Crippen LogP contribution in [0.25, 0.3) is 11.7 Å². The summed E-state index contributed by atoms with van der Waals surface area (Å²) in [6, 6.07) is 11.6. The molecule has 0 amide bonds. The zero-order valence-corrected chi connectivity index (χ0v) is 16.0. The van der Waals surface area contributed by atoms with Crippen molar-refractivity contribution in [1.29, 1.82) is 0 Å². The van der Waals surface area contributed by atoms with Gasteiger partial charge < -0.3 is 10.0 Å². The third-order valence-electron chi connectivity index (χ3n) is 4.67. The van der Waals surface area contributed by atoms with Gasteiger partial charge in [0.1, 0.15) is 5.82 Å². The van der Waals surface area contributed by atoms with E-state index in [-0.39, 0.29) is 37.0 Å². The van der Waals surface area contributed by atoms with Crippen molar-refractivity contribution in [3.8, 4) is 0 Å². The maximum Gasteiger partial charge on any atom is 0.243 e. The number of halogens is 1. The van der Waals surface area contributed by atoms with E-state index >= 15 is 0 Å². The van der Waals surface area contributed by atoms with E-state index in [0.717, 1.165) is 6.07 Å². The van der Waals surface area contributed by atoms with Gasteiger partial charge in [0.05, 0.1) is 4.90 Å². The van der Waals surface area contributed by atoms with Gasteiger partial charge in [0, 0.05) is 31.4 Å². The van der Waals surface area contributed by atoms with Gasteiger partial charge in [-0.15, -0.1) is 10.2 Å². The number of hydrogen-bond acceptors (Lipinski definition) is 8. The van der Waals surface area contributed by atoms with Crippen LogP contribution >= 0.6 is 0 Å². The highest BCUT2D eigenvalue weighted by Gasteiger charge is 2.28. The summed E-state index contributed by atoms with van der Waals surface area (Å²) >= 11 is 0. The second-order valence-electron chi connectivity index (χ2n) is 6.43. The topological polar surface area (TPSA) is 113 Å². The lowest BCUT2D eigenvalue weighted by Gasteiger charge is -2.39. The fourth-order valence-electron chi connectivity index (χ4n) is 3.11. The molecule has 2 heterocycles. The molecule has 9 nitrogen and oxygen atoms in total. The smallest absolute Gasteiger partial charge is 0.243 e. The Morgan fingerprint density at radius 2 is 1.62 bits per heavy atom. The van der Waals surface area contributed by atoms with E-state index in [4.69, 9.17) is 0 Å². The van der Waals surface area contributed by atoms with Gasteiger partial charge in [-0.05, 0) is 39.7 Å². The molecule has 4 rings (SSSR count). The van der Waals surface area contributed by atoms with E-state index < -0.39 is 15.8 Å². The lowest BCUT2D eigenvalue weighted by Crippen LogP contribution is -2.50. The molecule has 1 saturated heterocycles. The van der Waals surface area contributed by atoms with Gasteiger partial charge in [0.25, 0.3) is 0 Å². The number of benzene rings is 2. The standard InChI is InChI=1S/C18H17FN6O3S/c19-15-2-1-3-16(12-15)29(27,28)25-10-8-24(9-11-25)18(26)14-6-4-13(5-7-14)17-20-22-23-21-17/h1-7,12,26H,8-11H2/p-1. The number of sulfonamides is 1. The fraction of sp³-hybridized carbons (Fsp3) is 0.222. The Bertz CT molecular complexity index is 1180. The van der Waals surface area contributed by atoms with Gasteiger partial charge in [0.15, 0.2) is 0 Å².